The first kappa shape index (κ1) is 18.7. The number of hydrogen-bond acceptors (Lipinski definition) is 6. The zero-order valence-electron chi connectivity index (χ0n) is 14.2. The van der Waals surface area contributed by atoms with Crippen LogP contribution in [0, 0.1) is 0 Å². The lowest BCUT2D eigenvalue weighted by Crippen LogP contribution is -2.41. The number of alkyl halides is 3. The molecule has 1 N–H and O–H groups in total. The number of rotatable bonds is 2. The molecule has 0 unspecified atom stereocenters. The van der Waals surface area contributed by atoms with Crippen LogP contribution in [-0.2, 0) is 20.3 Å². The molecule has 2 aliphatic rings. The summed E-state index contributed by atoms with van der Waals surface area (Å²) in [4.78, 5) is 13.9. The minimum Gasteiger partial charge on any atom is -0.406 e. The lowest BCUT2D eigenvalue weighted by Gasteiger charge is -2.27. The highest BCUT2D eigenvalue weighted by molar-refractivity contribution is 7.90. The first-order chi connectivity index (χ1) is 13.2. The van der Waals surface area contributed by atoms with E-state index in [0.717, 1.165) is 12.1 Å². The summed E-state index contributed by atoms with van der Waals surface area (Å²) >= 11 is 0. The number of nitrogens with zero attached hydrogens (tertiary/aromatic N) is 2. The van der Waals surface area contributed by atoms with Gasteiger partial charge in [0.15, 0.2) is 9.84 Å². The second-order valence-corrected chi connectivity index (χ2v) is 8.25. The molecule has 1 aromatic heterocycles. The number of H-pyrrole nitrogens is 1. The van der Waals surface area contributed by atoms with Crippen molar-refractivity contribution in [2.45, 2.75) is 17.0 Å². The fourth-order valence-electron chi connectivity index (χ4n) is 3.25. The third kappa shape index (κ3) is 3.33. The summed E-state index contributed by atoms with van der Waals surface area (Å²) < 4.78 is 71.7. The van der Waals surface area contributed by atoms with Gasteiger partial charge in [-0.05, 0) is 18.2 Å². The standard InChI is InChI=1S/C16H14F3N3O5S/c17-16(18,19)27-9-1-2-10-12(7-9)28(24,25)8-11-13(10)20-21-14(11)15(23)22-3-5-26-6-4-22/h1-2,7H,3-6,8H2,(H,20,21). The Morgan fingerprint density at radius 3 is 2.64 bits per heavy atom. The Labute approximate surface area is 157 Å². The molecule has 0 bridgehead atoms. The van der Waals surface area contributed by atoms with Crippen LogP contribution in [0.3, 0.4) is 0 Å². The monoisotopic (exact) mass is 417 g/mol. The number of morpholine rings is 1. The van der Waals surface area contributed by atoms with Gasteiger partial charge < -0.3 is 14.4 Å². The number of benzene rings is 1. The lowest BCUT2D eigenvalue weighted by atomic mass is 10.1. The number of sulfone groups is 1. The molecule has 0 atom stereocenters. The third-order valence-electron chi connectivity index (χ3n) is 4.49. The van der Waals surface area contributed by atoms with E-state index >= 15 is 0 Å². The van der Waals surface area contributed by atoms with Crippen LogP contribution in [0.5, 0.6) is 5.75 Å². The summed E-state index contributed by atoms with van der Waals surface area (Å²) in [5.74, 6) is -1.58. The number of hydrogen-bond donors (Lipinski definition) is 1. The maximum Gasteiger partial charge on any atom is 0.573 e. The van der Waals surface area contributed by atoms with Gasteiger partial charge in [-0.1, -0.05) is 0 Å². The van der Waals surface area contributed by atoms with Crippen LogP contribution in [0.1, 0.15) is 16.1 Å². The van der Waals surface area contributed by atoms with Gasteiger partial charge in [0, 0.05) is 24.2 Å². The first-order valence-electron chi connectivity index (χ1n) is 8.23. The maximum absolute atomic E-state index is 12.7. The molecule has 28 heavy (non-hydrogen) atoms. The minimum atomic E-state index is -4.94. The summed E-state index contributed by atoms with van der Waals surface area (Å²) in [5.41, 5.74) is 0.600. The van der Waals surface area contributed by atoms with Gasteiger partial charge >= 0.3 is 6.36 Å². The van der Waals surface area contributed by atoms with Crippen LogP contribution in [0.4, 0.5) is 13.2 Å². The van der Waals surface area contributed by atoms with Crippen molar-refractivity contribution in [1.29, 1.82) is 0 Å². The molecule has 1 fully saturated rings. The topological polar surface area (TPSA) is 102 Å². The second-order valence-electron chi connectivity index (χ2n) is 6.30. The molecule has 4 rings (SSSR count). The number of carbonyl (C=O) groups excluding carboxylic acids is 1. The Balaban J connectivity index is 1.75. The second kappa shape index (κ2) is 6.48. The highest BCUT2D eigenvalue weighted by Crippen LogP contribution is 2.40. The predicted molar refractivity (Wildman–Crippen MR) is 88.3 cm³/mol. The molecule has 0 spiro atoms. The Bertz CT molecular complexity index is 1040. The van der Waals surface area contributed by atoms with Crippen molar-refractivity contribution in [2.24, 2.45) is 0 Å². The van der Waals surface area contributed by atoms with Gasteiger partial charge in [0.1, 0.15) is 11.4 Å². The van der Waals surface area contributed by atoms with E-state index in [1.54, 1.807) is 0 Å². The van der Waals surface area contributed by atoms with E-state index in [0.29, 0.717) is 26.3 Å². The van der Waals surface area contributed by atoms with Crippen LogP contribution < -0.4 is 4.74 Å². The SMILES string of the molecule is O=C(c1[nH]nc2c1CS(=O)(=O)c1cc(OC(F)(F)F)ccc1-2)N1CCOCC1. The number of carbonyl (C=O) groups is 1. The zero-order valence-corrected chi connectivity index (χ0v) is 15.1. The predicted octanol–water partition coefficient (Wildman–Crippen LogP) is 1.74. The number of aromatic nitrogens is 2. The summed E-state index contributed by atoms with van der Waals surface area (Å²) in [5, 5.41) is 6.64. The first-order valence-corrected chi connectivity index (χ1v) is 9.88. The average Bonchev–Trinajstić information content (AvgIpc) is 3.03. The van der Waals surface area contributed by atoms with E-state index in [9.17, 15) is 26.4 Å². The molecule has 1 amide bonds. The van der Waals surface area contributed by atoms with E-state index in [4.69, 9.17) is 4.74 Å². The van der Waals surface area contributed by atoms with Gasteiger partial charge in [0.25, 0.3) is 5.91 Å². The normalized spacial score (nSPS) is 18.3. The largest absolute Gasteiger partial charge is 0.573 e. The van der Waals surface area contributed by atoms with Crippen molar-refractivity contribution in [2.75, 3.05) is 26.3 Å². The molecule has 0 radical (unpaired) electrons. The molecule has 12 heteroatoms. The molecule has 150 valence electrons. The van der Waals surface area contributed by atoms with Gasteiger partial charge in [0.2, 0.25) is 0 Å². The van der Waals surface area contributed by atoms with Crippen molar-refractivity contribution in [3.8, 4) is 17.0 Å². The minimum absolute atomic E-state index is 0.0572. The van der Waals surface area contributed by atoms with E-state index in [2.05, 4.69) is 14.9 Å². The van der Waals surface area contributed by atoms with Gasteiger partial charge in [-0.25, -0.2) is 8.42 Å². The van der Waals surface area contributed by atoms with E-state index < -0.39 is 33.6 Å². The van der Waals surface area contributed by atoms with Gasteiger partial charge in [-0.3, -0.25) is 9.89 Å². The Morgan fingerprint density at radius 2 is 1.96 bits per heavy atom. The van der Waals surface area contributed by atoms with Crippen molar-refractivity contribution < 1.29 is 35.9 Å². The molecule has 2 aliphatic heterocycles. The van der Waals surface area contributed by atoms with Crippen molar-refractivity contribution in [3.05, 3.63) is 29.5 Å². The van der Waals surface area contributed by atoms with E-state index in [-0.39, 0.29) is 27.4 Å². The van der Waals surface area contributed by atoms with Crippen LogP contribution in [0.15, 0.2) is 23.1 Å². The van der Waals surface area contributed by atoms with Crippen molar-refractivity contribution in [3.63, 3.8) is 0 Å². The quantitative estimate of drug-likeness (QED) is 0.799. The van der Waals surface area contributed by atoms with Gasteiger partial charge in [0.05, 0.1) is 29.6 Å². The highest BCUT2D eigenvalue weighted by atomic mass is 32.2. The smallest absolute Gasteiger partial charge is 0.406 e. The highest BCUT2D eigenvalue weighted by Gasteiger charge is 2.37. The van der Waals surface area contributed by atoms with Crippen LogP contribution in [-0.4, -0.2) is 62.1 Å². The number of nitrogens with one attached hydrogen (secondary N) is 1. The molecular weight excluding hydrogens is 403 g/mol. The fraction of sp³-hybridized carbons (Fsp3) is 0.375. The number of aromatic amines is 1. The van der Waals surface area contributed by atoms with Crippen molar-refractivity contribution >= 4 is 15.7 Å². The average molecular weight is 417 g/mol. The molecule has 2 aromatic rings. The maximum atomic E-state index is 12.7. The van der Waals surface area contributed by atoms with Crippen LogP contribution >= 0.6 is 0 Å². The Morgan fingerprint density at radius 1 is 1.25 bits per heavy atom. The fourth-order valence-corrected chi connectivity index (χ4v) is 4.86. The number of amides is 1. The zero-order chi connectivity index (χ0) is 20.1. The van der Waals surface area contributed by atoms with Gasteiger partial charge in [-0.15, -0.1) is 13.2 Å². The van der Waals surface area contributed by atoms with E-state index in [1.165, 1.54) is 11.0 Å². The van der Waals surface area contributed by atoms with Crippen LogP contribution in [0.2, 0.25) is 0 Å². The number of fused-ring (bicyclic) bond motifs is 3. The number of ether oxygens (including phenoxy) is 2. The number of halogens is 3. The third-order valence-corrected chi connectivity index (χ3v) is 6.17. The summed E-state index contributed by atoms with van der Waals surface area (Å²) in [6, 6.07) is 3.02. The summed E-state index contributed by atoms with van der Waals surface area (Å²) in [7, 11) is -3.99. The molecule has 3 heterocycles. The van der Waals surface area contributed by atoms with E-state index in [1.807, 2.05) is 0 Å². The molecule has 0 saturated carbocycles. The van der Waals surface area contributed by atoms with Crippen LogP contribution in [0.25, 0.3) is 11.3 Å². The van der Waals surface area contributed by atoms with Crippen molar-refractivity contribution in [1.82, 2.24) is 15.1 Å². The molecule has 1 saturated heterocycles. The summed E-state index contributed by atoms with van der Waals surface area (Å²) in [6.45, 7) is 1.50. The van der Waals surface area contributed by atoms with Gasteiger partial charge in [-0.2, -0.15) is 5.10 Å². The molecule has 1 aromatic carbocycles. The lowest BCUT2D eigenvalue weighted by molar-refractivity contribution is -0.274. The molecular formula is C16H14F3N3O5S. The molecule has 8 nitrogen and oxygen atoms in total. The Kier molecular flexibility index (Phi) is 4.34. The molecule has 0 aliphatic carbocycles. The Hall–Kier alpha value is -2.60. The summed E-state index contributed by atoms with van der Waals surface area (Å²) in [6.07, 6.45) is -4.94.